The fourth-order valence-corrected chi connectivity index (χ4v) is 3.68. The number of esters is 1. The lowest BCUT2D eigenvalue weighted by Gasteiger charge is -2.37. The van der Waals surface area contributed by atoms with Gasteiger partial charge in [-0.15, -0.1) is 0 Å². The van der Waals surface area contributed by atoms with Crippen molar-refractivity contribution in [3.8, 4) is 0 Å². The highest BCUT2D eigenvalue weighted by molar-refractivity contribution is 6.74. The lowest BCUT2D eigenvalue weighted by Crippen LogP contribution is -2.47. The normalized spacial score (nSPS) is 19.4. The van der Waals surface area contributed by atoms with E-state index in [1.807, 2.05) is 30.3 Å². The van der Waals surface area contributed by atoms with Crippen LogP contribution < -0.4 is 5.32 Å². The number of amides is 1. The first-order valence-corrected chi connectivity index (χ1v) is 14.0. The largest absolute Gasteiger partial charge is 0.467 e. The summed E-state index contributed by atoms with van der Waals surface area (Å²) in [5, 5.41) is 2.42. The lowest BCUT2D eigenvalue weighted by atomic mass is 10.2. The minimum atomic E-state index is -2.07. The van der Waals surface area contributed by atoms with Crippen LogP contribution >= 0.6 is 0 Å². The molecule has 0 aliphatic carbocycles. The van der Waals surface area contributed by atoms with Gasteiger partial charge in [-0.1, -0.05) is 51.1 Å². The number of benzene rings is 1. The Hall–Kier alpha value is -2.53. The number of alkyl carbamates (subject to hydrolysis) is 1. The van der Waals surface area contributed by atoms with Gasteiger partial charge in [0.1, 0.15) is 12.7 Å². The molecule has 0 saturated carbocycles. The van der Waals surface area contributed by atoms with E-state index in [0.717, 1.165) is 5.56 Å². The first-order valence-electron chi connectivity index (χ1n) is 11.1. The van der Waals surface area contributed by atoms with E-state index in [0.29, 0.717) is 0 Å². The molecule has 1 aromatic rings. The van der Waals surface area contributed by atoms with E-state index in [4.69, 9.17) is 23.4 Å². The van der Waals surface area contributed by atoms with Crippen LogP contribution in [0.25, 0.3) is 0 Å². The van der Waals surface area contributed by atoms with Crippen LogP contribution in [0, 0.1) is 0 Å². The molecule has 0 unspecified atom stereocenters. The standard InChI is InChI=1S/C24H35NO8Si/c1-24(2,3)34(5,6)32-16-20-19(26)12-13-21(33-20)30-15-18(22(27)29-4)25-23(28)31-14-17-10-8-7-9-11-17/h7-13,18,20-21H,14-16H2,1-6H3,(H,25,28)/t18-,20-,21+/m0/s1. The number of ether oxygens (including phenoxy) is 4. The van der Waals surface area contributed by atoms with E-state index in [-0.39, 0.29) is 30.6 Å². The third kappa shape index (κ3) is 8.35. The van der Waals surface area contributed by atoms with Crippen LogP contribution in [-0.4, -0.2) is 64.9 Å². The second-order valence-electron chi connectivity index (χ2n) is 9.44. The summed E-state index contributed by atoms with van der Waals surface area (Å²) in [6.45, 7) is 10.4. The van der Waals surface area contributed by atoms with Crippen LogP contribution in [-0.2, 0) is 39.6 Å². The third-order valence-corrected chi connectivity index (χ3v) is 10.4. The van der Waals surface area contributed by atoms with Gasteiger partial charge in [-0.2, -0.15) is 0 Å². The monoisotopic (exact) mass is 493 g/mol. The molecule has 9 nitrogen and oxygen atoms in total. The average molecular weight is 494 g/mol. The van der Waals surface area contributed by atoms with Gasteiger partial charge in [-0.3, -0.25) is 4.79 Å². The molecule has 1 aliphatic heterocycles. The highest BCUT2D eigenvalue weighted by atomic mass is 28.4. The second-order valence-corrected chi connectivity index (χ2v) is 14.3. The summed E-state index contributed by atoms with van der Waals surface area (Å²) in [4.78, 5) is 36.5. The minimum absolute atomic E-state index is 0.00895. The van der Waals surface area contributed by atoms with E-state index in [2.05, 4.69) is 39.2 Å². The van der Waals surface area contributed by atoms with E-state index >= 15 is 0 Å². The Labute approximate surface area is 201 Å². The van der Waals surface area contributed by atoms with Gasteiger partial charge < -0.3 is 28.7 Å². The summed E-state index contributed by atoms with van der Waals surface area (Å²) in [6.07, 6.45) is 0.332. The zero-order valence-corrected chi connectivity index (χ0v) is 21.7. The van der Waals surface area contributed by atoms with Crippen LogP contribution in [0.5, 0.6) is 0 Å². The molecule has 0 spiro atoms. The SMILES string of the molecule is COC(=O)[C@H](CO[C@H]1C=CC(=O)[C@H](CO[Si](C)(C)C(C)(C)C)O1)NC(=O)OCc1ccccc1. The zero-order chi connectivity index (χ0) is 25.4. The molecule has 0 saturated heterocycles. The van der Waals surface area contributed by atoms with Crippen LogP contribution in [0.3, 0.4) is 0 Å². The quantitative estimate of drug-likeness (QED) is 0.390. The smallest absolute Gasteiger partial charge is 0.408 e. The average Bonchev–Trinajstić information content (AvgIpc) is 2.79. The van der Waals surface area contributed by atoms with Crippen molar-refractivity contribution in [1.82, 2.24) is 5.32 Å². The number of rotatable bonds is 10. The Morgan fingerprint density at radius 2 is 1.85 bits per heavy atom. The van der Waals surface area contributed by atoms with Crippen molar-refractivity contribution in [2.45, 2.75) is 63.9 Å². The molecule has 1 N–H and O–H groups in total. The Balaban J connectivity index is 1.89. The van der Waals surface area contributed by atoms with Gasteiger partial charge in [-0.05, 0) is 35.8 Å². The maximum atomic E-state index is 12.3. The summed E-state index contributed by atoms with van der Waals surface area (Å²) in [5.41, 5.74) is 0.805. The topological polar surface area (TPSA) is 109 Å². The van der Waals surface area contributed by atoms with Crippen molar-refractivity contribution in [3.05, 3.63) is 48.0 Å². The predicted octanol–water partition coefficient (Wildman–Crippen LogP) is 3.34. The van der Waals surface area contributed by atoms with E-state index in [1.54, 1.807) is 0 Å². The zero-order valence-electron chi connectivity index (χ0n) is 20.7. The lowest BCUT2D eigenvalue weighted by molar-refractivity contribution is -0.173. The number of hydrogen-bond acceptors (Lipinski definition) is 8. The number of nitrogens with one attached hydrogen (secondary N) is 1. The van der Waals surface area contributed by atoms with Gasteiger partial charge in [0.05, 0.1) is 20.3 Å². The molecule has 2 rings (SSSR count). The summed E-state index contributed by atoms with van der Waals surface area (Å²) in [7, 11) is -0.863. The molecule has 3 atom stereocenters. The van der Waals surface area contributed by atoms with Gasteiger partial charge in [0, 0.05) is 0 Å². The Morgan fingerprint density at radius 1 is 1.18 bits per heavy atom. The number of methoxy groups -OCH3 is 1. The third-order valence-electron chi connectivity index (χ3n) is 5.85. The molecule has 1 amide bonds. The van der Waals surface area contributed by atoms with Crippen molar-refractivity contribution in [3.63, 3.8) is 0 Å². The first kappa shape index (κ1) is 27.7. The summed E-state index contributed by atoms with van der Waals surface area (Å²) < 4.78 is 27.4. The molecular formula is C24H35NO8Si. The molecule has 0 bridgehead atoms. The molecule has 0 fully saturated rings. The molecule has 0 aromatic heterocycles. The van der Waals surface area contributed by atoms with Gasteiger partial charge >= 0.3 is 12.1 Å². The van der Waals surface area contributed by atoms with Crippen LogP contribution in [0.15, 0.2) is 42.5 Å². The van der Waals surface area contributed by atoms with Crippen LogP contribution in [0.2, 0.25) is 18.1 Å². The van der Waals surface area contributed by atoms with E-state index < -0.39 is 38.8 Å². The van der Waals surface area contributed by atoms with Crippen LogP contribution in [0.1, 0.15) is 26.3 Å². The maximum Gasteiger partial charge on any atom is 0.408 e. The molecule has 34 heavy (non-hydrogen) atoms. The van der Waals surface area contributed by atoms with Crippen molar-refractivity contribution >= 4 is 26.2 Å². The molecular weight excluding hydrogens is 458 g/mol. The minimum Gasteiger partial charge on any atom is -0.467 e. The first-order chi connectivity index (χ1) is 15.9. The maximum absolute atomic E-state index is 12.3. The molecule has 0 radical (unpaired) electrons. The highest BCUT2D eigenvalue weighted by Crippen LogP contribution is 2.36. The van der Waals surface area contributed by atoms with Crippen molar-refractivity contribution in [1.29, 1.82) is 0 Å². The number of carbonyl (C=O) groups excluding carboxylic acids is 3. The van der Waals surface area contributed by atoms with Crippen molar-refractivity contribution < 1.29 is 37.8 Å². The van der Waals surface area contributed by atoms with Gasteiger partial charge in [0.25, 0.3) is 0 Å². The Morgan fingerprint density at radius 3 is 2.47 bits per heavy atom. The molecule has 1 heterocycles. The molecule has 1 aliphatic rings. The fraction of sp³-hybridized carbons (Fsp3) is 0.542. The summed E-state index contributed by atoms with van der Waals surface area (Å²) in [5.74, 6) is -0.920. The van der Waals surface area contributed by atoms with Crippen molar-refractivity contribution in [2.24, 2.45) is 0 Å². The highest BCUT2D eigenvalue weighted by Gasteiger charge is 2.39. The summed E-state index contributed by atoms with van der Waals surface area (Å²) in [6, 6.07) is 8.02. The van der Waals surface area contributed by atoms with Gasteiger partial charge in [0.2, 0.25) is 0 Å². The molecule has 188 valence electrons. The Bertz CT molecular complexity index is 865. The van der Waals surface area contributed by atoms with Gasteiger partial charge in [0.15, 0.2) is 26.4 Å². The van der Waals surface area contributed by atoms with E-state index in [1.165, 1.54) is 19.3 Å². The predicted molar refractivity (Wildman–Crippen MR) is 127 cm³/mol. The van der Waals surface area contributed by atoms with Crippen molar-refractivity contribution in [2.75, 3.05) is 20.3 Å². The molecule has 10 heteroatoms. The fourth-order valence-electron chi connectivity index (χ4n) is 2.68. The Kier molecular flexibility index (Phi) is 9.99. The second kappa shape index (κ2) is 12.3. The summed E-state index contributed by atoms with van der Waals surface area (Å²) >= 11 is 0. The van der Waals surface area contributed by atoms with E-state index in [9.17, 15) is 14.4 Å². The number of hydrogen-bond donors (Lipinski definition) is 1. The number of carbonyl (C=O) groups is 3. The van der Waals surface area contributed by atoms with Crippen LogP contribution in [0.4, 0.5) is 4.79 Å². The number of ketones is 1. The molecule has 1 aromatic carbocycles. The van der Waals surface area contributed by atoms with Gasteiger partial charge in [-0.25, -0.2) is 9.59 Å².